The van der Waals surface area contributed by atoms with Crippen molar-refractivity contribution in [1.29, 1.82) is 0 Å². The number of fused-ring (bicyclic) bond motifs is 1. The van der Waals surface area contributed by atoms with Gasteiger partial charge in [0.2, 0.25) is 5.91 Å². The second kappa shape index (κ2) is 7.36. The van der Waals surface area contributed by atoms with E-state index in [0.717, 1.165) is 23.3 Å². The van der Waals surface area contributed by atoms with Crippen molar-refractivity contribution < 1.29 is 4.79 Å². The summed E-state index contributed by atoms with van der Waals surface area (Å²) in [6, 6.07) is 12.6. The van der Waals surface area contributed by atoms with Gasteiger partial charge in [0, 0.05) is 21.6 Å². The number of nitrogens with one attached hydrogen (secondary N) is 2. The van der Waals surface area contributed by atoms with Gasteiger partial charge in [-0.25, -0.2) is 4.98 Å². The Bertz CT molecular complexity index is 952. The number of hydrogen-bond acceptors (Lipinski definition) is 3. The van der Waals surface area contributed by atoms with Crippen molar-refractivity contribution in [3.8, 4) is 0 Å². The summed E-state index contributed by atoms with van der Waals surface area (Å²) in [4.78, 5) is 23.8. The van der Waals surface area contributed by atoms with E-state index < -0.39 is 0 Å². The molecule has 146 valence electrons. The zero-order valence-electron chi connectivity index (χ0n) is 16.3. The van der Waals surface area contributed by atoms with E-state index in [-0.39, 0.29) is 23.8 Å². The number of hydrogen-bond donors (Lipinski definition) is 2. The Balaban J connectivity index is 1.31. The van der Waals surface area contributed by atoms with Gasteiger partial charge in [-0.15, -0.1) is 11.3 Å². The molecule has 1 aromatic carbocycles. The third kappa shape index (κ3) is 3.48. The highest BCUT2D eigenvalue weighted by atomic mass is 32.1. The average molecular weight is 394 g/mol. The molecule has 0 unspecified atom stereocenters. The molecule has 3 atom stereocenters. The lowest BCUT2D eigenvalue weighted by atomic mass is 9.83. The maximum atomic E-state index is 13.1. The standard InChI is InChI=1S/C23H27N3OS/c1-14-11-12-20(28-14)21(15-7-3-2-4-8-15)26-23(27)17-13-16(17)22-24-18-9-5-6-10-19(18)25-22/h5-6,9-12,15-17,21H,2-4,7-8,13H2,1H3,(H,24,25)(H,26,27)/t16-,17-,21+/m0/s1. The summed E-state index contributed by atoms with van der Waals surface area (Å²) in [6.45, 7) is 2.15. The molecule has 5 rings (SSSR count). The Labute approximate surface area is 169 Å². The number of aromatic nitrogens is 2. The monoisotopic (exact) mass is 393 g/mol. The summed E-state index contributed by atoms with van der Waals surface area (Å²) in [7, 11) is 0. The van der Waals surface area contributed by atoms with Crippen molar-refractivity contribution >= 4 is 28.3 Å². The maximum Gasteiger partial charge on any atom is 0.224 e. The molecule has 0 spiro atoms. The maximum absolute atomic E-state index is 13.1. The molecule has 2 N–H and O–H groups in total. The van der Waals surface area contributed by atoms with Crippen LogP contribution in [0.2, 0.25) is 0 Å². The number of aromatic amines is 1. The summed E-state index contributed by atoms with van der Waals surface area (Å²) >= 11 is 1.83. The normalized spacial score (nSPS) is 23.6. The van der Waals surface area contributed by atoms with Gasteiger partial charge in [0.1, 0.15) is 5.82 Å². The molecule has 0 radical (unpaired) electrons. The molecule has 0 bridgehead atoms. The van der Waals surface area contributed by atoms with Gasteiger partial charge in [0.05, 0.1) is 17.1 Å². The third-order valence-corrected chi connectivity index (χ3v) is 7.46. The second-order valence-electron chi connectivity index (χ2n) is 8.42. The lowest BCUT2D eigenvalue weighted by molar-refractivity contribution is -0.123. The molecule has 2 heterocycles. The molecular weight excluding hydrogens is 366 g/mol. The van der Waals surface area contributed by atoms with Crippen molar-refractivity contribution in [3.05, 3.63) is 52.0 Å². The zero-order chi connectivity index (χ0) is 19.1. The molecule has 2 aromatic heterocycles. The number of imidazole rings is 1. The van der Waals surface area contributed by atoms with E-state index in [2.05, 4.69) is 29.4 Å². The van der Waals surface area contributed by atoms with E-state index in [4.69, 9.17) is 4.98 Å². The van der Waals surface area contributed by atoms with Gasteiger partial charge < -0.3 is 10.3 Å². The molecule has 0 aliphatic heterocycles. The second-order valence-corrected chi connectivity index (χ2v) is 9.74. The fourth-order valence-corrected chi connectivity index (χ4v) is 5.73. The van der Waals surface area contributed by atoms with Gasteiger partial charge in [-0.3, -0.25) is 4.79 Å². The third-order valence-electron chi connectivity index (χ3n) is 6.37. The Kier molecular flexibility index (Phi) is 4.71. The highest BCUT2D eigenvalue weighted by molar-refractivity contribution is 7.12. The molecule has 2 aliphatic rings. The average Bonchev–Trinajstić information content (AvgIpc) is 3.22. The van der Waals surface area contributed by atoms with Crippen LogP contribution in [0.3, 0.4) is 0 Å². The minimum absolute atomic E-state index is 0.0488. The molecular formula is C23H27N3OS. The number of aryl methyl sites for hydroxylation is 1. The predicted molar refractivity (Wildman–Crippen MR) is 113 cm³/mol. The SMILES string of the molecule is Cc1ccc([C@H](NC(=O)[C@H]2C[C@@H]2c2nc3ccccc3[nH]2)C2CCCCC2)s1. The van der Waals surface area contributed by atoms with E-state index in [0.29, 0.717) is 5.92 Å². The van der Waals surface area contributed by atoms with Crippen molar-refractivity contribution in [3.63, 3.8) is 0 Å². The van der Waals surface area contributed by atoms with Crippen LogP contribution in [0, 0.1) is 18.8 Å². The molecule has 28 heavy (non-hydrogen) atoms. The van der Waals surface area contributed by atoms with Gasteiger partial charge in [-0.2, -0.15) is 0 Å². The number of H-pyrrole nitrogens is 1. The van der Waals surface area contributed by atoms with Crippen molar-refractivity contribution in [2.45, 2.75) is 57.4 Å². The Hall–Kier alpha value is -2.14. The number of benzene rings is 1. The molecule has 4 nitrogen and oxygen atoms in total. The molecule has 5 heteroatoms. The first-order valence-electron chi connectivity index (χ1n) is 10.5. The predicted octanol–water partition coefficient (Wildman–Crippen LogP) is 5.47. The Morgan fingerprint density at radius 1 is 1.18 bits per heavy atom. The highest BCUT2D eigenvalue weighted by Gasteiger charge is 2.47. The van der Waals surface area contributed by atoms with Gasteiger partial charge in [0.25, 0.3) is 0 Å². The van der Waals surface area contributed by atoms with Crippen LogP contribution in [0.5, 0.6) is 0 Å². The number of thiophene rings is 1. The first-order chi connectivity index (χ1) is 13.7. The number of carbonyl (C=O) groups excluding carboxylic acids is 1. The molecule has 2 aliphatic carbocycles. The van der Waals surface area contributed by atoms with Crippen molar-refractivity contribution in [2.24, 2.45) is 11.8 Å². The molecule has 3 aromatic rings. The molecule has 2 fully saturated rings. The molecule has 0 saturated heterocycles. The van der Waals surface area contributed by atoms with Gasteiger partial charge >= 0.3 is 0 Å². The van der Waals surface area contributed by atoms with Gasteiger partial charge in [-0.1, -0.05) is 31.4 Å². The fourth-order valence-electron chi connectivity index (χ4n) is 4.70. The minimum atomic E-state index is 0.0488. The number of nitrogens with zero attached hydrogens (tertiary/aromatic N) is 1. The quantitative estimate of drug-likeness (QED) is 0.603. The number of para-hydroxylation sites is 2. The van der Waals surface area contributed by atoms with Crippen LogP contribution in [-0.2, 0) is 4.79 Å². The zero-order valence-corrected chi connectivity index (χ0v) is 17.1. The van der Waals surface area contributed by atoms with E-state index >= 15 is 0 Å². The van der Waals surface area contributed by atoms with Crippen LogP contribution >= 0.6 is 11.3 Å². The largest absolute Gasteiger partial charge is 0.348 e. The highest BCUT2D eigenvalue weighted by Crippen LogP contribution is 2.47. The summed E-state index contributed by atoms with van der Waals surface area (Å²) in [5.74, 6) is 2.01. The van der Waals surface area contributed by atoms with Crippen LogP contribution in [-0.4, -0.2) is 15.9 Å². The summed E-state index contributed by atoms with van der Waals surface area (Å²) in [6.07, 6.45) is 7.24. The summed E-state index contributed by atoms with van der Waals surface area (Å²) < 4.78 is 0. The van der Waals surface area contributed by atoms with Gasteiger partial charge in [0.15, 0.2) is 0 Å². The molecule has 2 saturated carbocycles. The van der Waals surface area contributed by atoms with Crippen molar-refractivity contribution in [2.75, 3.05) is 0 Å². The summed E-state index contributed by atoms with van der Waals surface area (Å²) in [5.41, 5.74) is 2.04. The van der Waals surface area contributed by atoms with Crippen LogP contribution < -0.4 is 5.32 Å². The summed E-state index contributed by atoms with van der Waals surface area (Å²) in [5, 5.41) is 3.44. The number of rotatable bonds is 5. The first kappa shape index (κ1) is 17.9. The van der Waals surface area contributed by atoms with E-state index in [9.17, 15) is 4.79 Å². The first-order valence-corrected chi connectivity index (χ1v) is 11.3. The van der Waals surface area contributed by atoms with Crippen LogP contribution in [0.4, 0.5) is 0 Å². The van der Waals surface area contributed by atoms with Crippen LogP contribution in [0.1, 0.15) is 66.1 Å². The molecule has 1 amide bonds. The Morgan fingerprint density at radius 3 is 2.75 bits per heavy atom. The number of amides is 1. The topological polar surface area (TPSA) is 57.8 Å². The Morgan fingerprint density at radius 2 is 2.00 bits per heavy atom. The fraction of sp³-hybridized carbons (Fsp3) is 0.478. The minimum Gasteiger partial charge on any atom is -0.348 e. The lowest BCUT2D eigenvalue weighted by Gasteiger charge is -2.30. The van der Waals surface area contributed by atoms with Crippen LogP contribution in [0.25, 0.3) is 11.0 Å². The smallest absolute Gasteiger partial charge is 0.224 e. The van der Waals surface area contributed by atoms with Crippen molar-refractivity contribution in [1.82, 2.24) is 15.3 Å². The van der Waals surface area contributed by atoms with Crippen LogP contribution in [0.15, 0.2) is 36.4 Å². The van der Waals surface area contributed by atoms with Gasteiger partial charge in [-0.05, 0) is 56.4 Å². The number of carbonyl (C=O) groups is 1. The van der Waals surface area contributed by atoms with E-state index in [1.165, 1.54) is 41.9 Å². The van der Waals surface area contributed by atoms with E-state index in [1.54, 1.807) is 0 Å². The van der Waals surface area contributed by atoms with E-state index in [1.807, 2.05) is 35.6 Å². The lowest BCUT2D eigenvalue weighted by Crippen LogP contribution is -2.35.